The largest absolute Gasteiger partial charge is 0.384 e. The quantitative estimate of drug-likeness (QED) is 0.735. The van der Waals surface area contributed by atoms with Gasteiger partial charge in [-0.25, -0.2) is 9.97 Å². The first kappa shape index (κ1) is 16.3. The summed E-state index contributed by atoms with van der Waals surface area (Å²) in [5.41, 5.74) is 9.67. The number of unbranched alkanes of at least 4 members (excludes halogenated alkanes) is 1. The van der Waals surface area contributed by atoms with E-state index in [0.717, 1.165) is 36.1 Å². The highest BCUT2D eigenvalue weighted by molar-refractivity contribution is 5.92. The average molecular weight is 321 g/mol. The first-order valence-electron chi connectivity index (χ1n) is 8.64. The molecular formula is C19H23N5. The number of benzene rings is 1. The van der Waals surface area contributed by atoms with Crippen LogP contribution >= 0.6 is 0 Å². The number of nitrogens with zero attached hydrogens (tertiary/aromatic N) is 4. The van der Waals surface area contributed by atoms with Gasteiger partial charge >= 0.3 is 0 Å². The van der Waals surface area contributed by atoms with Crippen LogP contribution < -0.4 is 5.73 Å². The van der Waals surface area contributed by atoms with Crippen molar-refractivity contribution in [2.24, 2.45) is 5.92 Å². The standard InChI is InChI=1S/C19H23N5/c1-3-5-8-13(4-2)12-24-18(21)14(11-20)17-19(24)23-16-10-7-6-9-15(16)22-17/h6-7,9-10,13H,3-5,8,12,21H2,1-2H3/t13-/m0/s1. The molecule has 1 atom stereocenters. The molecule has 0 spiro atoms. The van der Waals surface area contributed by atoms with E-state index < -0.39 is 0 Å². The summed E-state index contributed by atoms with van der Waals surface area (Å²) in [6.07, 6.45) is 4.64. The van der Waals surface area contributed by atoms with E-state index in [2.05, 4.69) is 24.9 Å². The number of anilines is 1. The SMILES string of the molecule is CCCC[C@H](CC)Cn1c(N)c(C#N)c2nc3ccccc3nc21. The lowest BCUT2D eigenvalue weighted by molar-refractivity contribution is 0.397. The predicted octanol–water partition coefficient (Wildman–Crippen LogP) is 4.25. The molecule has 24 heavy (non-hydrogen) atoms. The lowest BCUT2D eigenvalue weighted by atomic mass is 9.99. The highest BCUT2D eigenvalue weighted by Crippen LogP contribution is 2.29. The summed E-state index contributed by atoms with van der Waals surface area (Å²) in [6.45, 7) is 5.19. The van der Waals surface area contributed by atoms with Gasteiger partial charge in [-0.3, -0.25) is 0 Å². The Kier molecular flexibility index (Phi) is 4.66. The lowest BCUT2D eigenvalue weighted by Gasteiger charge is -2.17. The van der Waals surface area contributed by atoms with E-state index in [1.165, 1.54) is 12.8 Å². The van der Waals surface area contributed by atoms with E-state index in [4.69, 9.17) is 10.7 Å². The van der Waals surface area contributed by atoms with Gasteiger partial charge in [0.1, 0.15) is 23.0 Å². The molecule has 124 valence electrons. The van der Waals surface area contributed by atoms with Crippen LogP contribution in [0.4, 0.5) is 5.82 Å². The van der Waals surface area contributed by atoms with Gasteiger partial charge < -0.3 is 10.3 Å². The zero-order valence-corrected chi connectivity index (χ0v) is 14.3. The Labute approximate surface area is 142 Å². The third kappa shape index (κ3) is 2.80. The fourth-order valence-electron chi connectivity index (χ4n) is 3.19. The Morgan fingerprint density at radius 1 is 1.21 bits per heavy atom. The van der Waals surface area contributed by atoms with Gasteiger partial charge in [-0.05, 0) is 24.5 Å². The van der Waals surface area contributed by atoms with Crippen LogP contribution in [0.1, 0.15) is 45.1 Å². The Morgan fingerprint density at radius 2 is 1.92 bits per heavy atom. The van der Waals surface area contributed by atoms with Crippen molar-refractivity contribution < 1.29 is 0 Å². The predicted molar refractivity (Wildman–Crippen MR) is 97.5 cm³/mol. The summed E-state index contributed by atoms with van der Waals surface area (Å²) >= 11 is 0. The van der Waals surface area contributed by atoms with Crippen LogP contribution in [0.15, 0.2) is 24.3 Å². The molecule has 2 aromatic heterocycles. The van der Waals surface area contributed by atoms with Crippen LogP contribution in [0.3, 0.4) is 0 Å². The van der Waals surface area contributed by atoms with Gasteiger partial charge in [-0.2, -0.15) is 5.26 Å². The summed E-state index contributed by atoms with van der Waals surface area (Å²) in [7, 11) is 0. The molecule has 0 aliphatic carbocycles. The molecule has 2 N–H and O–H groups in total. The summed E-state index contributed by atoms with van der Waals surface area (Å²) in [4.78, 5) is 9.38. The van der Waals surface area contributed by atoms with Crippen molar-refractivity contribution in [1.29, 1.82) is 5.26 Å². The summed E-state index contributed by atoms with van der Waals surface area (Å²) in [5.74, 6) is 1.01. The van der Waals surface area contributed by atoms with Crippen molar-refractivity contribution in [3.8, 4) is 6.07 Å². The minimum atomic E-state index is 0.439. The van der Waals surface area contributed by atoms with E-state index in [1.807, 2.05) is 28.8 Å². The van der Waals surface area contributed by atoms with Crippen molar-refractivity contribution in [3.05, 3.63) is 29.8 Å². The number of nitrogen functional groups attached to an aromatic ring is 1. The first-order valence-corrected chi connectivity index (χ1v) is 8.64. The van der Waals surface area contributed by atoms with Crippen molar-refractivity contribution in [3.63, 3.8) is 0 Å². The van der Waals surface area contributed by atoms with E-state index >= 15 is 0 Å². The van der Waals surface area contributed by atoms with Crippen molar-refractivity contribution in [1.82, 2.24) is 14.5 Å². The van der Waals surface area contributed by atoms with Gasteiger partial charge in [-0.1, -0.05) is 45.2 Å². The zero-order chi connectivity index (χ0) is 17.1. The van der Waals surface area contributed by atoms with Crippen molar-refractivity contribution in [2.45, 2.75) is 46.1 Å². The van der Waals surface area contributed by atoms with E-state index in [0.29, 0.717) is 22.8 Å². The maximum absolute atomic E-state index is 9.52. The number of fused-ring (bicyclic) bond motifs is 2. The highest BCUT2D eigenvalue weighted by atomic mass is 15.1. The number of hydrogen-bond acceptors (Lipinski definition) is 4. The molecule has 0 aliphatic rings. The molecule has 0 aliphatic heterocycles. The van der Waals surface area contributed by atoms with E-state index in [-0.39, 0.29) is 0 Å². The Hall–Kier alpha value is -2.61. The second-order valence-electron chi connectivity index (χ2n) is 6.28. The second kappa shape index (κ2) is 6.88. The van der Waals surface area contributed by atoms with Gasteiger partial charge in [0.15, 0.2) is 5.65 Å². The number of hydrogen-bond donors (Lipinski definition) is 1. The number of nitriles is 1. The zero-order valence-electron chi connectivity index (χ0n) is 14.3. The average Bonchev–Trinajstić information content (AvgIpc) is 2.86. The van der Waals surface area contributed by atoms with Crippen LogP contribution in [-0.4, -0.2) is 14.5 Å². The highest BCUT2D eigenvalue weighted by Gasteiger charge is 2.20. The van der Waals surface area contributed by atoms with Crippen LogP contribution in [0.5, 0.6) is 0 Å². The lowest BCUT2D eigenvalue weighted by Crippen LogP contribution is -2.13. The van der Waals surface area contributed by atoms with Gasteiger partial charge in [0, 0.05) is 6.54 Å². The Bertz CT molecular complexity index is 903. The molecule has 1 aromatic carbocycles. The molecule has 5 heteroatoms. The van der Waals surface area contributed by atoms with Crippen LogP contribution in [0.25, 0.3) is 22.2 Å². The van der Waals surface area contributed by atoms with Gasteiger partial charge in [0.25, 0.3) is 0 Å². The number of para-hydroxylation sites is 2. The minimum Gasteiger partial charge on any atom is -0.384 e. The molecule has 0 radical (unpaired) electrons. The van der Waals surface area contributed by atoms with Gasteiger partial charge in [0.2, 0.25) is 0 Å². The summed E-state index contributed by atoms with van der Waals surface area (Å²) in [5, 5.41) is 9.52. The topological polar surface area (TPSA) is 80.5 Å². The Balaban J connectivity index is 2.14. The molecular weight excluding hydrogens is 298 g/mol. The third-order valence-corrected chi connectivity index (χ3v) is 4.69. The van der Waals surface area contributed by atoms with Crippen LogP contribution in [-0.2, 0) is 6.54 Å². The molecule has 0 saturated carbocycles. The molecule has 2 heterocycles. The molecule has 0 unspecified atom stereocenters. The molecule has 5 nitrogen and oxygen atoms in total. The first-order chi connectivity index (χ1) is 11.7. The van der Waals surface area contributed by atoms with E-state index in [9.17, 15) is 5.26 Å². The van der Waals surface area contributed by atoms with Crippen molar-refractivity contribution >= 4 is 28.0 Å². The number of nitrogens with two attached hydrogens (primary N) is 1. The molecule has 0 amide bonds. The smallest absolute Gasteiger partial charge is 0.162 e. The van der Waals surface area contributed by atoms with E-state index in [1.54, 1.807) is 0 Å². The van der Waals surface area contributed by atoms with Gasteiger partial charge in [-0.15, -0.1) is 0 Å². The monoisotopic (exact) mass is 321 g/mol. The molecule has 3 rings (SSSR count). The van der Waals surface area contributed by atoms with Crippen LogP contribution in [0.2, 0.25) is 0 Å². The normalized spacial score (nSPS) is 12.5. The fraction of sp³-hybridized carbons (Fsp3) is 0.421. The Morgan fingerprint density at radius 3 is 2.54 bits per heavy atom. The second-order valence-corrected chi connectivity index (χ2v) is 6.28. The molecule has 0 saturated heterocycles. The fourth-order valence-corrected chi connectivity index (χ4v) is 3.19. The van der Waals surface area contributed by atoms with Crippen molar-refractivity contribution in [2.75, 3.05) is 5.73 Å². The minimum absolute atomic E-state index is 0.439. The number of rotatable bonds is 6. The van der Waals surface area contributed by atoms with Crippen LogP contribution in [0, 0.1) is 17.2 Å². The van der Waals surface area contributed by atoms with Gasteiger partial charge in [0.05, 0.1) is 11.0 Å². The molecule has 0 bridgehead atoms. The maximum Gasteiger partial charge on any atom is 0.162 e. The summed E-state index contributed by atoms with van der Waals surface area (Å²) in [6, 6.07) is 9.93. The third-order valence-electron chi connectivity index (χ3n) is 4.69. The number of aromatic nitrogens is 3. The molecule has 0 fully saturated rings. The summed E-state index contributed by atoms with van der Waals surface area (Å²) < 4.78 is 1.98. The maximum atomic E-state index is 9.52. The molecule has 3 aromatic rings.